The maximum absolute atomic E-state index is 12.9. The summed E-state index contributed by atoms with van der Waals surface area (Å²) in [5.41, 5.74) is 1.74. The van der Waals surface area contributed by atoms with Gasteiger partial charge >= 0.3 is 0 Å². The van der Waals surface area contributed by atoms with E-state index >= 15 is 0 Å². The number of anilines is 1. The van der Waals surface area contributed by atoms with Crippen molar-refractivity contribution in [2.24, 2.45) is 0 Å². The Hall–Kier alpha value is -3.74. The average molecular weight is 430 g/mol. The van der Waals surface area contributed by atoms with Crippen LogP contribution in [-0.4, -0.2) is 32.9 Å². The highest BCUT2D eigenvalue weighted by Gasteiger charge is 2.16. The Labute approximate surface area is 187 Å². The molecule has 7 heteroatoms. The minimum absolute atomic E-state index is 0.130. The van der Waals surface area contributed by atoms with Crippen LogP contribution >= 0.6 is 0 Å². The van der Waals surface area contributed by atoms with Crippen LogP contribution in [0.3, 0.4) is 0 Å². The molecule has 32 heavy (non-hydrogen) atoms. The molecule has 0 saturated carbocycles. The number of para-hydroxylation sites is 1. The number of aromatic nitrogens is 4. The van der Waals surface area contributed by atoms with Gasteiger partial charge in [-0.25, -0.2) is 14.6 Å². The first-order valence-electron chi connectivity index (χ1n) is 10.8. The molecule has 164 valence electrons. The number of benzene rings is 2. The number of ether oxygens (including phenoxy) is 1. The molecule has 2 aromatic carbocycles. The van der Waals surface area contributed by atoms with E-state index in [4.69, 9.17) is 4.74 Å². The maximum atomic E-state index is 12.9. The first-order chi connectivity index (χ1) is 15.5. The molecule has 4 aromatic rings. The van der Waals surface area contributed by atoms with Gasteiger partial charge in [0.05, 0.1) is 29.9 Å². The lowest BCUT2D eigenvalue weighted by molar-refractivity contribution is 0.313. The highest BCUT2D eigenvalue weighted by molar-refractivity contribution is 5.80. The summed E-state index contributed by atoms with van der Waals surface area (Å²) in [6.07, 6.45) is 2.54. The van der Waals surface area contributed by atoms with Crippen molar-refractivity contribution in [2.45, 2.75) is 33.2 Å². The van der Waals surface area contributed by atoms with Crippen LogP contribution in [0.5, 0.6) is 5.75 Å². The zero-order chi connectivity index (χ0) is 22.5. The largest absolute Gasteiger partial charge is 0.493 e. The van der Waals surface area contributed by atoms with Gasteiger partial charge in [-0.2, -0.15) is 5.10 Å². The lowest BCUT2D eigenvalue weighted by Gasteiger charge is -2.16. The van der Waals surface area contributed by atoms with Gasteiger partial charge in [-0.1, -0.05) is 36.4 Å². The molecule has 0 aliphatic rings. The van der Waals surface area contributed by atoms with E-state index in [-0.39, 0.29) is 11.6 Å². The molecule has 1 atom stereocenters. The number of hydrogen-bond donors (Lipinski definition) is 1. The van der Waals surface area contributed by atoms with E-state index in [1.54, 1.807) is 6.20 Å². The van der Waals surface area contributed by atoms with E-state index in [0.29, 0.717) is 24.4 Å². The Morgan fingerprint density at radius 1 is 1.06 bits per heavy atom. The predicted molar refractivity (Wildman–Crippen MR) is 126 cm³/mol. The Morgan fingerprint density at radius 3 is 2.69 bits per heavy atom. The molecular weight excluding hydrogens is 402 g/mol. The van der Waals surface area contributed by atoms with Crippen molar-refractivity contribution in [1.82, 2.24) is 19.7 Å². The topological polar surface area (TPSA) is 81.9 Å². The van der Waals surface area contributed by atoms with Gasteiger partial charge in [0, 0.05) is 18.0 Å². The Kier molecular flexibility index (Phi) is 6.44. The van der Waals surface area contributed by atoms with Crippen LogP contribution in [0.4, 0.5) is 5.82 Å². The van der Waals surface area contributed by atoms with Crippen molar-refractivity contribution in [3.05, 3.63) is 88.2 Å². The maximum Gasteiger partial charge on any atom is 0.275 e. The number of nitrogens with one attached hydrogen (secondary N) is 1. The Morgan fingerprint density at radius 2 is 1.84 bits per heavy atom. The zero-order valence-electron chi connectivity index (χ0n) is 18.6. The monoisotopic (exact) mass is 429 g/mol. The van der Waals surface area contributed by atoms with E-state index in [9.17, 15) is 4.79 Å². The molecule has 2 heterocycles. The third-order valence-corrected chi connectivity index (χ3v) is 5.35. The second-order valence-corrected chi connectivity index (χ2v) is 7.78. The molecule has 2 aromatic heterocycles. The van der Waals surface area contributed by atoms with Gasteiger partial charge < -0.3 is 10.1 Å². The minimum atomic E-state index is -0.321. The molecule has 0 aliphatic carbocycles. The molecule has 0 amide bonds. The molecule has 0 saturated heterocycles. The summed E-state index contributed by atoms with van der Waals surface area (Å²) in [4.78, 5) is 22.0. The molecule has 0 bridgehead atoms. The second-order valence-electron chi connectivity index (χ2n) is 7.78. The molecule has 1 unspecified atom stereocenters. The zero-order valence-corrected chi connectivity index (χ0v) is 18.6. The van der Waals surface area contributed by atoms with Gasteiger partial charge in [0.1, 0.15) is 17.4 Å². The number of fused-ring (bicyclic) bond motifs is 1. The molecule has 1 N–H and O–H groups in total. The van der Waals surface area contributed by atoms with Crippen LogP contribution in [0.2, 0.25) is 0 Å². The van der Waals surface area contributed by atoms with Crippen LogP contribution in [0, 0.1) is 13.8 Å². The van der Waals surface area contributed by atoms with Gasteiger partial charge in [-0.15, -0.1) is 0 Å². The number of hydrogen-bond acceptors (Lipinski definition) is 6. The van der Waals surface area contributed by atoms with Crippen molar-refractivity contribution in [1.29, 1.82) is 0 Å². The van der Waals surface area contributed by atoms with Crippen molar-refractivity contribution in [2.75, 3.05) is 18.5 Å². The number of aryl methyl sites for hydroxylation is 2. The van der Waals surface area contributed by atoms with Gasteiger partial charge in [0.2, 0.25) is 0 Å². The highest BCUT2D eigenvalue weighted by atomic mass is 16.5. The quantitative estimate of drug-likeness (QED) is 0.421. The molecule has 7 nitrogen and oxygen atoms in total. The summed E-state index contributed by atoms with van der Waals surface area (Å²) in [6, 6.07) is 17.0. The molecular formula is C25H27N5O2. The van der Waals surface area contributed by atoms with Crippen LogP contribution in [0.25, 0.3) is 10.8 Å². The van der Waals surface area contributed by atoms with Gasteiger partial charge in [-0.3, -0.25) is 4.79 Å². The average Bonchev–Trinajstić information content (AvgIpc) is 2.80. The summed E-state index contributed by atoms with van der Waals surface area (Å²) in [5, 5.41) is 9.18. The molecule has 4 rings (SSSR count). The van der Waals surface area contributed by atoms with E-state index in [1.807, 2.05) is 75.4 Å². The highest BCUT2D eigenvalue weighted by Crippen LogP contribution is 2.19. The number of nitrogens with zero attached hydrogens (tertiary/aromatic N) is 4. The smallest absolute Gasteiger partial charge is 0.275 e. The third kappa shape index (κ3) is 4.77. The van der Waals surface area contributed by atoms with E-state index in [0.717, 1.165) is 34.6 Å². The first kappa shape index (κ1) is 21.5. The summed E-state index contributed by atoms with van der Waals surface area (Å²) < 4.78 is 7.32. The van der Waals surface area contributed by atoms with Crippen LogP contribution < -0.4 is 15.6 Å². The molecule has 0 fully saturated rings. The molecule has 0 spiro atoms. The lowest BCUT2D eigenvalue weighted by Crippen LogP contribution is -2.27. The van der Waals surface area contributed by atoms with Crippen LogP contribution in [-0.2, 0) is 0 Å². The van der Waals surface area contributed by atoms with Crippen molar-refractivity contribution in [3.63, 3.8) is 0 Å². The van der Waals surface area contributed by atoms with Crippen LogP contribution in [0.1, 0.15) is 36.5 Å². The summed E-state index contributed by atoms with van der Waals surface area (Å²) in [7, 11) is 0. The van der Waals surface area contributed by atoms with E-state index < -0.39 is 0 Å². The summed E-state index contributed by atoms with van der Waals surface area (Å²) >= 11 is 0. The van der Waals surface area contributed by atoms with Gasteiger partial charge in [0.25, 0.3) is 5.56 Å². The fraction of sp³-hybridized carbons (Fsp3) is 0.280. The number of rotatable bonds is 8. The van der Waals surface area contributed by atoms with Crippen molar-refractivity contribution < 1.29 is 4.74 Å². The standard InChI is InChI=1S/C25H27N5O2/c1-17-9-4-7-12-23(17)32-14-8-13-26-24-15-22(28-19(3)29-24)18(2)30-25(31)21-11-6-5-10-20(21)16-27-30/h4-7,9-12,15-16,18H,8,13-14H2,1-3H3,(H,26,28,29). The van der Waals surface area contributed by atoms with Crippen LogP contribution in [0.15, 0.2) is 65.6 Å². The molecule has 0 radical (unpaired) electrons. The second kappa shape index (κ2) is 9.60. The Balaban J connectivity index is 1.43. The Bertz CT molecular complexity index is 1280. The third-order valence-electron chi connectivity index (χ3n) is 5.35. The molecule has 0 aliphatic heterocycles. The normalized spacial score (nSPS) is 12.0. The van der Waals surface area contributed by atoms with E-state index in [2.05, 4.69) is 20.4 Å². The predicted octanol–water partition coefficient (Wildman–Crippen LogP) is 4.29. The lowest BCUT2D eigenvalue weighted by atomic mass is 10.2. The van der Waals surface area contributed by atoms with Gasteiger partial charge in [-0.05, 0) is 44.9 Å². The minimum Gasteiger partial charge on any atom is -0.493 e. The SMILES string of the molecule is Cc1nc(NCCCOc2ccccc2C)cc(C(C)n2ncc3ccccc3c2=O)n1. The summed E-state index contributed by atoms with van der Waals surface area (Å²) in [5.74, 6) is 2.28. The van der Waals surface area contributed by atoms with Crippen molar-refractivity contribution >= 4 is 16.6 Å². The van der Waals surface area contributed by atoms with Crippen molar-refractivity contribution in [3.8, 4) is 5.75 Å². The van der Waals surface area contributed by atoms with E-state index in [1.165, 1.54) is 4.68 Å². The summed E-state index contributed by atoms with van der Waals surface area (Å²) in [6.45, 7) is 7.13. The fourth-order valence-electron chi connectivity index (χ4n) is 3.59. The first-order valence-corrected chi connectivity index (χ1v) is 10.8. The fourth-order valence-corrected chi connectivity index (χ4v) is 3.59. The van der Waals surface area contributed by atoms with Gasteiger partial charge in [0.15, 0.2) is 0 Å².